The number of hydrogen-bond acceptors (Lipinski definition) is 2. The molecule has 0 saturated carbocycles. The molecule has 0 fully saturated rings. The molecule has 0 aromatic heterocycles. The summed E-state index contributed by atoms with van der Waals surface area (Å²) in [5.74, 6) is 0. The van der Waals surface area contributed by atoms with E-state index in [1.807, 2.05) is 19.1 Å². The molecule has 0 heterocycles. The van der Waals surface area contributed by atoms with Gasteiger partial charge in [0.25, 0.3) is 0 Å². The maximum Gasteiger partial charge on any atom is 0.0735 e. The van der Waals surface area contributed by atoms with Crippen molar-refractivity contribution in [2.45, 2.75) is 26.0 Å². The Morgan fingerprint density at radius 3 is 2.62 bits per heavy atom. The molecule has 0 radical (unpaired) electrons. The summed E-state index contributed by atoms with van der Waals surface area (Å²) in [5.41, 5.74) is 8.36. The summed E-state index contributed by atoms with van der Waals surface area (Å²) >= 11 is 0. The van der Waals surface area contributed by atoms with Crippen molar-refractivity contribution >= 4 is 0 Å². The molecule has 13 heavy (non-hydrogen) atoms. The van der Waals surface area contributed by atoms with Crippen LogP contribution in [0.3, 0.4) is 0 Å². The fourth-order valence-corrected chi connectivity index (χ4v) is 1.30. The SMILES string of the molecule is COC(C)C(N)c1cccc(C)c1. The number of hydrogen-bond donors (Lipinski definition) is 1. The Kier molecular flexibility index (Phi) is 3.46. The summed E-state index contributed by atoms with van der Waals surface area (Å²) in [4.78, 5) is 0. The lowest BCUT2D eigenvalue weighted by atomic mass is 10.0. The Balaban J connectivity index is 2.82. The van der Waals surface area contributed by atoms with E-state index >= 15 is 0 Å². The van der Waals surface area contributed by atoms with Crippen molar-refractivity contribution in [1.82, 2.24) is 0 Å². The van der Waals surface area contributed by atoms with Crippen LogP contribution in [0, 0.1) is 6.92 Å². The average Bonchev–Trinajstić information content (AvgIpc) is 2.15. The van der Waals surface area contributed by atoms with Crippen LogP contribution in [0.4, 0.5) is 0 Å². The number of rotatable bonds is 3. The summed E-state index contributed by atoms with van der Waals surface area (Å²) in [5, 5.41) is 0. The Bertz CT molecular complexity index is 273. The summed E-state index contributed by atoms with van der Waals surface area (Å²) in [6.07, 6.45) is 0.0572. The zero-order chi connectivity index (χ0) is 9.84. The van der Waals surface area contributed by atoms with Crippen LogP contribution in [0.5, 0.6) is 0 Å². The van der Waals surface area contributed by atoms with Crippen LogP contribution in [0.25, 0.3) is 0 Å². The number of ether oxygens (including phenoxy) is 1. The van der Waals surface area contributed by atoms with Crippen LogP contribution in [-0.4, -0.2) is 13.2 Å². The van der Waals surface area contributed by atoms with Gasteiger partial charge in [-0.3, -0.25) is 0 Å². The lowest BCUT2D eigenvalue weighted by molar-refractivity contribution is 0.0956. The van der Waals surface area contributed by atoms with Crippen LogP contribution >= 0.6 is 0 Å². The minimum absolute atomic E-state index is 0.0371. The van der Waals surface area contributed by atoms with Crippen molar-refractivity contribution in [2.24, 2.45) is 5.73 Å². The van der Waals surface area contributed by atoms with Crippen LogP contribution < -0.4 is 5.73 Å². The first-order chi connectivity index (χ1) is 6.15. The molecule has 0 spiro atoms. The van der Waals surface area contributed by atoms with Crippen molar-refractivity contribution in [2.75, 3.05) is 7.11 Å². The van der Waals surface area contributed by atoms with Gasteiger partial charge in [-0.05, 0) is 19.4 Å². The molecule has 2 N–H and O–H groups in total. The van der Waals surface area contributed by atoms with E-state index in [1.165, 1.54) is 5.56 Å². The lowest BCUT2D eigenvalue weighted by Crippen LogP contribution is -2.25. The van der Waals surface area contributed by atoms with E-state index in [-0.39, 0.29) is 12.1 Å². The molecule has 2 atom stereocenters. The van der Waals surface area contributed by atoms with Gasteiger partial charge in [0, 0.05) is 7.11 Å². The smallest absolute Gasteiger partial charge is 0.0735 e. The normalized spacial score (nSPS) is 15.4. The first-order valence-electron chi connectivity index (χ1n) is 4.50. The Hall–Kier alpha value is -0.860. The van der Waals surface area contributed by atoms with Crippen molar-refractivity contribution in [3.63, 3.8) is 0 Å². The number of benzene rings is 1. The van der Waals surface area contributed by atoms with Crippen molar-refractivity contribution in [3.05, 3.63) is 35.4 Å². The molecule has 0 aliphatic rings. The van der Waals surface area contributed by atoms with E-state index in [0.29, 0.717) is 0 Å². The standard InChI is InChI=1S/C11H17NO/c1-8-5-4-6-10(7-8)11(12)9(2)13-3/h4-7,9,11H,12H2,1-3H3. The molecule has 0 aliphatic heterocycles. The van der Waals surface area contributed by atoms with Crippen LogP contribution in [-0.2, 0) is 4.74 Å². The topological polar surface area (TPSA) is 35.2 Å². The van der Waals surface area contributed by atoms with Gasteiger partial charge in [-0.1, -0.05) is 29.8 Å². The molecular weight excluding hydrogens is 162 g/mol. The van der Waals surface area contributed by atoms with Crippen molar-refractivity contribution in [1.29, 1.82) is 0 Å². The third-order valence-corrected chi connectivity index (χ3v) is 2.30. The Morgan fingerprint density at radius 2 is 2.08 bits per heavy atom. The quantitative estimate of drug-likeness (QED) is 0.770. The summed E-state index contributed by atoms with van der Waals surface area (Å²) < 4.78 is 5.18. The Morgan fingerprint density at radius 1 is 1.38 bits per heavy atom. The zero-order valence-electron chi connectivity index (χ0n) is 8.45. The fourth-order valence-electron chi connectivity index (χ4n) is 1.30. The number of methoxy groups -OCH3 is 1. The van der Waals surface area contributed by atoms with E-state index < -0.39 is 0 Å². The second-order valence-corrected chi connectivity index (χ2v) is 3.38. The first-order valence-corrected chi connectivity index (χ1v) is 4.50. The zero-order valence-corrected chi connectivity index (χ0v) is 8.45. The summed E-state index contributed by atoms with van der Waals surface area (Å²) in [6.45, 7) is 4.04. The van der Waals surface area contributed by atoms with Gasteiger partial charge in [0.15, 0.2) is 0 Å². The van der Waals surface area contributed by atoms with Crippen LogP contribution in [0.2, 0.25) is 0 Å². The summed E-state index contributed by atoms with van der Waals surface area (Å²) in [6, 6.07) is 8.18. The maximum absolute atomic E-state index is 5.99. The van der Waals surface area contributed by atoms with Gasteiger partial charge in [0.1, 0.15) is 0 Å². The highest BCUT2D eigenvalue weighted by atomic mass is 16.5. The molecule has 1 rings (SSSR count). The molecule has 2 nitrogen and oxygen atoms in total. The summed E-state index contributed by atoms with van der Waals surface area (Å²) in [7, 11) is 1.68. The van der Waals surface area contributed by atoms with E-state index in [9.17, 15) is 0 Å². The second-order valence-electron chi connectivity index (χ2n) is 3.38. The van der Waals surface area contributed by atoms with E-state index in [2.05, 4.69) is 19.1 Å². The van der Waals surface area contributed by atoms with Crippen molar-refractivity contribution in [3.8, 4) is 0 Å². The molecule has 0 amide bonds. The monoisotopic (exact) mass is 179 g/mol. The highest BCUT2D eigenvalue weighted by Gasteiger charge is 2.13. The highest BCUT2D eigenvalue weighted by molar-refractivity contribution is 5.25. The van der Waals surface area contributed by atoms with Gasteiger partial charge in [-0.25, -0.2) is 0 Å². The predicted molar refractivity (Wildman–Crippen MR) is 54.6 cm³/mol. The van der Waals surface area contributed by atoms with Crippen LogP contribution in [0.15, 0.2) is 24.3 Å². The largest absolute Gasteiger partial charge is 0.380 e. The minimum atomic E-state index is -0.0371. The van der Waals surface area contributed by atoms with Gasteiger partial charge >= 0.3 is 0 Å². The molecule has 2 unspecified atom stereocenters. The highest BCUT2D eigenvalue weighted by Crippen LogP contribution is 2.16. The minimum Gasteiger partial charge on any atom is -0.380 e. The predicted octanol–water partition coefficient (Wildman–Crippen LogP) is 2.03. The lowest BCUT2D eigenvalue weighted by Gasteiger charge is -2.18. The van der Waals surface area contributed by atoms with E-state index in [4.69, 9.17) is 10.5 Å². The van der Waals surface area contributed by atoms with Crippen molar-refractivity contribution < 1.29 is 4.74 Å². The first kappa shape index (κ1) is 10.2. The van der Waals surface area contributed by atoms with Gasteiger partial charge in [-0.2, -0.15) is 0 Å². The maximum atomic E-state index is 5.99. The van der Waals surface area contributed by atoms with E-state index in [0.717, 1.165) is 5.56 Å². The van der Waals surface area contributed by atoms with Gasteiger partial charge in [-0.15, -0.1) is 0 Å². The fraction of sp³-hybridized carbons (Fsp3) is 0.455. The molecule has 0 aliphatic carbocycles. The van der Waals surface area contributed by atoms with Crippen LogP contribution in [0.1, 0.15) is 24.1 Å². The molecule has 1 aromatic rings. The number of nitrogens with two attached hydrogens (primary N) is 1. The van der Waals surface area contributed by atoms with Gasteiger partial charge in [0.2, 0.25) is 0 Å². The molecule has 0 saturated heterocycles. The number of aryl methyl sites for hydroxylation is 1. The molecule has 1 aromatic carbocycles. The third kappa shape index (κ3) is 2.54. The van der Waals surface area contributed by atoms with Gasteiger partial charge in [0.05, 0.1) is 12.1 Å². The average molecular weight is 179 g/mol. The van der Waals surface area contributed by atoms with E-state index in [1.54, 1.807) is 7.11 Å². The molecule has 2 heteroatoms. The Labute approximate surface area is 79.7 Å². The molecular formula is C11H17NO. The molecule has 72 valence electrons. The van der Waals surface area contributed by atoms with Gasteiger partial charge < -0.3 is 10.5 Å². The molecule has 0 bridgehead atoms. The second kappa shape index (κ2) is 4.40. The third-order valence-electron chi connectivity index (χ3n) is 2.30.